The topological polar surface area (TPSA) is 26.0 Å². The zero-order valence-corrected chi connectivity index (χ0v) is 11.4. The monoisotopic (exact) mass is 281 g/mol. The molecule has 2 aromatic rings. The van der Waals surface area contributed by atoms with Gasteiger partial charge in [-0.1, -0.05) is 17.7 Å². The van der Waals surface area contributed by atoms with Crippen LogP contribution in [-0.2, 0) is 0 Å². The standard InChI is InChI=1S/C15H14ClF2N/c1-8-5-13(14(16)7-15(8)18)12-6-10(17)3-4-11(12)9(2)19/h3-7,9H,19H2,1-2H3. The van der Waals surface area contributed by atoms with Crippen LogP contribution in [-0.4, -0.2) is 0 Å². The van der Waals surface area contributed by atoms with Crippen molar-refractivity contribution in [1.29, 1.82) is 0 Å². The van der Waals surface area contributed by atoms with Gasteiger partial charge < -0.3 is 5.73 Å². The lowest BCUT2D eigenvalue weighted by Crippen LogP contribution is -2.07. The van der Waals surface area contributed by atoms with Crippen molar-refractivity contribution in [3.05, 3.63) is 58.1 Å². The minimum Gasteiger partial charge on any atom is -0.324 e. The summed E-state index contributed by atoms with van der Waals surface area (Å²) in [6.07, 6.45) is 0. The number of nitrogens with two attached hydrogens (primary N) is 1. The molecule has 19 heavy (non-hydrogen) atoms. The summed E-state index contributed by atoms with van der Waals surface area (Å²) in [5.74, 6) is -0.759. The normalized spacial score (nSPS) is 12.5. The molecule has 1 unspecified atom stereocenters. The molecule has 0 bridgehead atoms. The highest BCUT2D eigenvalue weighted by molar-refractivity contribution is 6.33. The Morgan fingerprint density at radius 2 is 1.79 bits per heavy atom. The second kappa shape index (κ2) is 5.27. The third kappa shape index (κ3) is 2.77. The van der Waals surface area contributed by atoms with Gasteiger partial charge in [0.15, 0.2) is 0 Å². The fourth-order valence-electron chi connectivity index (χ4n) is 2.02. The van der Waals surface area contributed by atoms with Gasteiger partial charge in [0, 0.05) is 11.6 Å². The third-order valence-corrected chi connectivity index (χ3v) is 3.36. The zero-order chi connectivity index (χ0) is 14.2. The average molecular weight is 282 g/mol. The molecular formula is C15H14ClF2N. The molecule has 0 aliphatic rings. The van der Waals surface area contributed by atoms with Crippen LogP contribution in [0.5, 0.6) is 0 Å². The van der Waals surface area contributed by atoms with E-state index in [0.29, 0.717) is 16.7 Å². The van der Waals surface area contributed by atoms with Crippen LogP contribution in [0.4, 0.5) is 8.78 Å². The molecule has 0 saturated carbocycles. The molecule has 100 valence electrons. The number of aryl methyl sites for hydroxylation is 1. The van der Waals surface area contributed by atoms with Crippen molar-refractivity contribution < 1.29 is 8.78 Å². The number of benzene rings is 2. The summed E-state index contributed by atoms with van der Waals surface area (Å²) in [4.78, 5) is 0. The van der Waals surface area contributed by atoms with E-state index >= 15 is 0 Å². The first-order valence-corrected chi connectivity index (χ1v) is 6.29. The Hall–Kier alpha value is -1.45. The molecule has 2 aromatic carbocycles. The summed E-state index contributed by atoms with van der Waals surface area (Å²) in [6.45, 7) is 3.45. The first kappa shape index (κ1) is 14.0. The summed E-state index contributed by atoms with van der Waals surface area (Å²) < 4.78 is 26.9. The maximum absolute atomic E-state index is 13.4. The molecule has 1 nitrogen and oxygen atoms in total. The van der Waals surface area contributed by atoms with Crippen molar-refractivity contribution >= 4 is 11.6 Å². The summed E-state index contributed by atoms with van der Waals surface area (Å²) in [7, 11) is 0. The lowest BCUT2D eigenvalue weighted by molar-refractivity contribution is 0.618. The van der Waals surface area contributed by atoms with Crippen molar-refractivity contribution in [1.82, 2.24) is 0 Å². The van der Waals surface area contributed by atoms with E-state index in [2.05, 4.69) is 0 Å². The predicted octanol–water partition coefficient (Wildman–Crippen LogP) is 4.61. The van der Waals surface area contributed by atoms with Crippen LogP contribution >= 0.6 is 11.6 Å². The highest BCUT2D eigenvalue weighted by atomic mass is 35.5. The van der Waals surface area contributed by atoms with E-state index in [0.717, 1.165) is 5.56 Å². The SMILES string of the molecule is Cc1cc(-c2cc(F)ccc2C(C)N)c(Cl)cc1F. The lowest BCUT2D eigenvalue weighted by Gasteiger charge is -2.15. The first-order valence-electron chi connectivity index (χ1n) is 5.91. The van der Waals surface area contributed by atoms with Gasteiger partial charge in [-0.25, -0.2) is 8.78 Å². The predicted molar refractivity (Wildman–Crippen MR) is 74.1 cm³/mol. The maximum atomic E-state index is 13.4. The van der Waals surface area contributed by atoms with Gasteiger partial charge in [-0.05, 0) is 54.8 Å². The molecule has 0 aromatic heterocycles. The summed E-state index contributed by atoms with van der Waals surface area (Å²) >= 11 is 6.06. The number of hydrogen-bond donors (Lipinski definition) is 1. The van der Waals surface area contributed by atoms with E-state index in [1.165, 1.54) is 18.2 Å². The highest BCUT2D eigenvalue weighted by Crippen LogP contribution is 2.34. The largest absolute Gasteiger partial charge is 0.324 e. The van der Waals surface area contributed by atoms with Crippen molar-refractivity contribution in [2.45, 2.75) is 19.9 Å². The Kier molecular flexibility index (Phi) is 3.88. The molecule has 0 heterocycles. The summed E-state index contributed by atoms with van der Waals surface area (Å²) in [5.41, 5.74) is 8.30. The van der Waals surface area contributed by atoms with Crippen LogP contribution in [0, 0.1) is 18.6 Å². The van der Waals surface area contributed by atoms with Gasteiger partial charge >= 0.3 is 0 Å². The zero-order valence-electron chi connectivity index (χ0n) is 10.7. The number of rotatable bonds is 2. The van der Waals surface area contributed by atoms with Gasteiger partial charge in [0.1, 0.15) is 11.6 Å². The molecular weight excluding hydrogens is 268 g/mol. The lowest BCUT2D eigenvalue weighted by atomic mass is 9.94. The van der Waals surface area contributed by atoms with Crippen LogP contribution < -0.4 is 5.73 Å². The van der Waals surface area contributed by atoms with E-state index in [9.17, 15) is 8.78 Å². The second-order valence-corrected chi connectivity index (χ2v) is 5.01. The van der Waals surface area contributed by atoms with Crippen LogP contribution in [0.15, 0.2) is 30.3 Å². The Labute approximate surface area is 116 Å². The molecule has 0 saturated heterocycles. The molecule has 0 spiro atoms. The van der Waals surface area contributed by atoms with Gasteiger partial charge in [0.2, 0.25) is 0 Å². The first-order chi connectivity index (χ1) is 8.90. The minimum absolute atomic E-state index is 0.246. The second-order valence-electron chi connectivity index (χ2n) is 4.60. The van der Waals surface area contributed by atoms with Crippen molar-refractivity contribution in [3.63, 3.8) is 0 Å². The van der Waals surface area contributed by atoms with Crippen LogP contribution in [0.3, 0.4) is 0 Å². The Bertz CT molecular complexity index is 624. The summed E-state index contributed by atoms with van der Waals surface area (Å²) in [5, 5.41) is 0.246. The van der Waals surface area contributed by atoms with Crippen molar-refractivity contribution in [3.8, 4) is 11.1 Å². The Morgan fingerprint density at radius 1 is 1.11 bits per heavy atom. The average Bonchev–Trinajstić information content (AvgIpc) is 2.33. The van der Waals surface area contributed by atoms with E-state index in [4.69, 9.17) is 17.3 Å². The minimum atomic E-state index is -0.382. The summed E-state index contributed by atoms with van der Waals surface area (Å²) in [6, 6.07) is 6.94. The van der Waals surface area contributed by atoms with Crippen LogP contribution in [0.1, 0.15) is 24.1 Å². The molecule has 2 rings (SSSR count). The fourth-order valence-corrected chi connectivity index (χ4v) is 2.27. The van der Waals surface area contributed by atoms with Gasteiger partial charge in [-0.3, -0.25) is 0 Å². The van der Waals surface area contributed by atoms with E-state index in [1.807, 2.05) is 0 Å². The Balaban J connectivity index is 2.71. The number of halogens is 3. The fraction of sp³-hybridized carbons (Fsp3) is 0.200. The quantitative estimate of drug-likeness (QED) is 0.854. The molecule has 0 aliphatic carbocycles. The van der Waals surface area contributed by atoms with Gasteiger partial charge in [0.05, 0.1) is 5.02 Å². The maximum Gasteiger partial charge on any atom is 0.127 e. The molecule has 0 aliphatic heterocycles. The van der Waals surface area contributed by atoms with Crippen molar-refractivity contribution in [2.75, 3.05) is 0 Å². The highest BCUT2D eigenvalue weighted by Gasteiger charge is 2.14. The van der Waals surface area contributed by atoms with E-state index in [1.54, 1.807) is 26.0 Å². The molecule has 2 N–H and O–H groups in total. The van der Waals surface area contributed by atoms with E-state index < -0.39 is 0 Å². The van der Waals surface area contributed by atoms with Crippen LogP contribution in [0.2, 0.25) is 5.02 Å². The third-order valence-electron chi connectivity index (χ3n) is 3.04. The van der Waals surface area contributed by atoms with Crippen molar-refractivity contribution in [2.24, 2.45) is 5.73 Å². The molecule has 0 radical (unpaired) electrons. The number of hydrogen-bond acceptors (Lipinski definition) is 1. The molecule has 4 heteroatoms. The Morgan fingerprint density at radius 3 is 2.42 bits per heavy atom. The molecule has 0 amide bonds. The molecule has 1 atom stereocenters. The molecule has 0 fully saturated rings. The van der Waals surface area contributed by atoms with E-state index in [-0.39, 0.29) is 22.7 Å². The van der Waals surface area contributed by atoms with Gasteiger partial charge in [-0.15, -0.1) is 0 Å². The van der Waals surface area contributed by atoms with Gasteiger partial charge in [-0.2, -0.15) is 0 Å². The van der Waals surface area contributed by atoms with Gasteiger partial charge in [0.25, 0.3) is 0 Å². The smallest absolute Gasteiger partial charge is 0.127 e. The van der Waals surface area contributed by atoms with Crippen LogP contribution in [0.25, 0.3) is 11.1 Å².